The van der Waals surface area contributed by atoms with E-state index in [1.165, 1.54) is 11.1 Å². The second-order valence-corrected chi connectivity index (χ2v) is 6.03. The number of guanidine groups is 1. The Morgan fingerprint density at radius 2 is 2.08 bits per heavy atom. The molecule has 1 aromatic carbocycles. The van der Waals surface area contributed by atoms with Gasteiger partial charge in [-0.1, -0.05) is 24.3 Å². The maximum Gasteiger partial charge on any atom is 0.191 e. The summed E-state index contributed by atoms with van der Waals surface area (Å²) in [5.41, 5.74) is 2.36. The van der Waals surface area contributed by atoms with Crippen LogP contribution in [0.3, 0.4) is 0 Å². The van der Waals surface area contributed by atoms with Gasteiger partial charge in [0.1, 0.15) is 0 Å². The van der Waals surface area contributed by atoms with E-state index in [0.29, 0.717) is 13.2 Å². The van der Waals surface area contributed by atoms with Gasteiger partial charge >= 0.3 is 0 Å². The summed E-state index contributed by atoms with van der Waals surface area (Å²) in [6.45, 7) is 7.28. The summed E-state index contributed by atoms with van der Waals surface area (Å²) in [7, 11) is 1.71. The number of hydrogen-bond donors (Lipinski definition) is 2. The second-order valence-electron chi connectivity index (χ2n) is 6.03. The number of hydrogen-bond acceptors (Lipinski definition) is 4. The molecule has 1 heterocycles. The molecular weight excluding hydrogens is 445 g/mol. The number of aliphatic imine (C=N–C) groups is 1. The number of ether oxygens (including phenoxy) is 3. The van der Waals surface area contributed by atoms with Crippen LogP contribution in [0, 0.1) is 0 Å². The first kappa shape index (κ1) is 23.1. The molecule has 0 spiro atoms. The topological polar surface area (TPSA) is 64.1 Å². The van der Waals surface area contributed by atoms with Crippen molar-refractivity contribution in [3.63, 3.8) is 0 Å². The van der Waals surface area contributed by atoms with Crippen LogP contribution in [-0.2, 0) is 27.4 Å². The van der Waals surface area contributed by atoms with Gasteiger partial charge in [-0.2, -0.15) is 0 Å². The summed E-state index contributed by atoms with van der Waals surface area (Å²) in [4.78, 5) is 4.68. The number of benzene rings is 1. The summed E-state index contributed by atoms with van der Waals surface area (Å²) in [5.74, 6) is 0.832. The fourth-order valence-electron chi connectivity index (χ4n) is 2.69. The highest BCUT2D eigenvalue weighted by atomic mass is 127. The van der Waals surface area contributed by atoms with Gasteiger partial charge in [-0.15, -0.1) is 24.0 Å². The van der Waals surface area contributed by atoms with Crippen molar-refractivity contribution in [2.24, 2.45) is 4.99 Å². The minimum atomic E-state index is 0. The molecule has 7 heteroatoms. The monoisotopic (exact) mass is 477 g/mol. The van der Waals surface area contributed by atoms with E-state index >= 15 is 0 Å². The normalized spacial score (nSPS) is 17.0. The smallest absolute Gasteiger partial charge is 0.191 e. The molecule has 0 amide bonds. The number of methoxy groups -OCH3 is 1. The van der Waals surface area contributed by atoms with Gasteiger partial charge in [-0.25, -0.2) is 4.99 Å². The van der Waals surface area contributed by atoms with Crippen LogP contribution in [0.5, 0.6) is 0 Å². The zero-order valence-electron chi connectivity index (χ0n) is 15.8. The third kappa shape index (κ3) is 8.66. The first-order chi connectivity index (χ1) is 12.3. The van der Waals surface area contributed by atoms with E-state index in [-0.39, 0.29) is 30.1 Å². The van der Waals surface area contributed by atoms with Gasteiger partial charge < -0.3 is 24.8 Å². The Hall–Kier alpha value is -0.900. The second kappa shape index (κ2) is 14.2. The Bertz CT molecular complexity index is 523. The summed E-state index contributed by atoms with van der Waals surface area (Å²) >= 11 is 0. The molecule has 1 saturated heterocycles. The highest BCUT2D eigenvalue weighted by Crippen LogP contribution is 2.11. The highest BCUT2D eigenvalue weighted by molar-refractivity contribution is 14.0. The van der Waals surface area contributed by atoms with Gasteiger partial charge in [0.2, 0.25) is 0 Å². The molecule has 148 valence electrons. The lowest BCUT2D eigenvalue weighted by Crippen LogP contribution is -2.38. The van der Waals surface area contributed by atoms with Crippen molar-refractivity contribution in [3.8, 4) is 0 Å². The first-order valence-corrected chi connectivity index (χ1v) is 9.10. The molecule has 6 nitrogen and oxygen atoms in total. The van der Waals surface area contributed by atoms with Crippen molar-refractivity contribution in [2.45, 2.75) is 39.0 Å². The van der Waals surface area contributed by atoms with Gasteiger partial charge in [-0.3, -0.25) is 0 Å². The van der Waals surface area contributed by atoms with Crippen LogP contribution in [0.25, 0.3) is 0 Å². The van der Waals surface area contributed by atoms with Gasteiger partial charge in [0.05, 0.1) is 25.9 Å². The predicted molar refractivity (Wildman–Crippen MR) is 115 cm³/mol. The molecule has 2 rings (SSSR count). The lowest BCUT2D eigenvalue weighted by Gasteiger charge is -2.13. The molecule has 1 unspecified atom stereocenters. The van der Waals surface area contributed by atoms with Crippen molar-refractivity contribution >= 4 is 29.9 Å². The fourth-order valence-corrected chi connectivity index (χ4v) is 2.69. The lowest BCUT2D eigenvalue weighted by atomic mass is 10.1. The molecule has 1 aliphatic heterocycles. The average molecular weight is 477 g/mol. The lowest BCUT2D eigenvalue weighted by molar-refractivity contribution is 0.0420. The zero-order valence-corrected chi connectivity index (χ0v) is 18.2. The summed E-state index contributed by atoms with van der Waals surface area (Å²) in [6.07, 6.45) is 2.23. The molecule has 1 fully saturated rings. The Morgan fingerprint density at radius 1 is 1.27 bits per heavy atom. The number of rotatable bonds is 10. The van der Waals surface area contributed by atoms with Gasteiger partial charge in [0.15, 0.2) is 5.96 Å². The zero-order chi connectivity index (χ0) is 17.7. The molecule has 0 aromatic heterocycles. The molecular formula is C19H32IN3O3. The molecule has 1 aromatic rings. The van der Waals surface area contributed by atoms with E-state index in [2.05, 4.69) is 34.7 Å². The molecule has 0 aliphatic carbocycles. The molecule has 2 N–H and O–H groups in total. The quantitative estimate of drug-likeness (QED) is 0.235. The molecule has 1 aliphatic rings. The van der Waals surface area contributed by atoms with E-state index in [1.807, 2.05) is 12.1 Å². The Balaban J connectivity index is 0.00000338. The number of nitrogens with zero attached hydrogens (tertiary/aromatic N) is 1. The molecule has 1 atom stereocenters. The molecule has 0 radical (unpaired) electrons. The summed E-state index contributed by atoms with van der Waals surface area (Å²) in [5, 5.41) is 6.65. The van der Waals surface area contributed by atoms with Gasteiger partial charge in [0, 0.05) is 33.4 Å². The van der Waals surface area contributed by atoms with Crippen LogP contribution >= 0.6 is 24.0 Å². The van der Waals surface area contributed by atoms with Crippen molar-refractivity contribution < 1.29 is 14.2 Å². The van der Waals surface area contributed by atoms with Gasteiger partial charge in [-0.05, 0) is 30.9 Å². The van der Waals surface area contributed by atoms with Crippen LogP contribution in [0.2, 0.25) is 0 Å². The van der Waals surface area contributed by atoms with Crippen LogP contribution in [0.1, 0.15) is 30.9 Å². The minimum Gasteiger partial charge on any atom is -0.380 e. The third-order valence-electron chi connectivity index (χ3n) is 4.02. The number of nitrogens with one attached hydrogen (secondary N) is 2. The van der Waals surface area contributed by atoms with Crippen LogP contribution in [-0.4, -0.2) is 52.1 Å². The maximum absolute atomic E-state index is 5.78. The van der Waals surface area contributed by atoms with Crippen LogP contribution < -0.4 is 10.6 Å². The van der Waals surface area contributed by atoms with Crippen LogP contribution in [0.15, 0.2) is 29.3 Å². The van der Waals surface area contributed by atoms with E-state index in [4.69, 9.17) is 14.2 Å². The minimum absolute atomic E-state index is 0. The Morgan fingerprint density at radius 3 is 2.77 bits per heavy atom. The largest absolute Gasteiger partial charge is 0.380 e. The van der Waals surface area contributed by atoms with Crippen molar-refractivity contribution in [2.75, 3.05) is 40.0 Å². The Labute approximate surface area is 174 Å². The first-order valence-electron chi connectivity index (χ1n) is 9.10. The summed E-state index contributed by atoms with van der Waals surface area (Å²) in [6, 6.07) is 8.24. The highest BCUT2D eigenvalue weighted by Gasteiger charge is 2.15. The average Bonchev–Trinajstić information content (AvgIpc) is 3.14. The van der Waals surface area contributed by atoms with Crippen molar-refractivity contribution in [1.29, 1.82) is 0 Å². The van der Waals surface area contributed by atoms with Crippen molar-refractivity contribution in [1.82, 2.24) is 10.6 Å². The van der Waals surface area contributed by atoms with Crippen molar-refractivity contribution in [3.05, 3.63) is 35.4 Å². The standard InChI is InChI=1S/C19H31N3O3.HI/c1-3-20-19(21-10-6-11-25-18-9-12-24-15-18)22-13-16-7-4-5-8-17(16)14-23-2;/h4-5,7-8,18H,3,6,9-15H2,1-2H3,(H2,20,21,22);1H. The fraction of sp³-hybridized carbons (Fsp3) is 0.632. The van der Waals surface area contributed by atoms with E-state index in [1.54, 1.807) is 7.11 Å². The van der Waals surface area contributed by atoms with Gasteiger partial charge in [0.25, 0.3) is 0 Å². The molecule has 26 heavy (non-hydrogen) atoms. The Kier molecular flexibility index (Phi) is 12.6. The maximum atomic E-state index is 5.78. The number of halogens is 1. The van der Waals surface area contributed by atoms with E-state index in [0.717, 1.165) is 51.7 Å². The molecule has 0 saturated carbocycles. The van der Waals surface area contributed by atoms with E-state index in [9.17, 15) is 0 Å². The predicted octanol–water partition coefficient (Wildman–Crippen LogP) is 2.70. The SMILES string of the molecule is CCNC(=NCc1ccccc1COC)NCCCOC1CCOC1.I. The molecule has 0 bridgehead atoms. The van der Waals surface area contributed by atoms with Crippen LogP contribution in [0.4, 0.5) is 0 Å². The van der Waals surface area contributed by atoms with E-state index < -0.39 is 0 Å². The summed E-state index contributed by atoms with van der Waals surface area (Å²) < 4.78 is 16.3. The third-order valence-corrected chi connectivity index (χ3v) is 4.02.